The van der Waals surface area contributed by atoms with Crippen LogP contribution in [-0.4, -0.2) is 14.9 Å². The van der Waals surface area contributed by atoms with Crippen molar-refractivity contribution in [1.29, 1.82) is 0 Å². The van der Waals surface area contributed by atoms with Gasteiger partial charge in [0.2, 0.25) is 0 Å². The summed E-state index contributed by atoms with van der Waals surface area (Å²) < 4.78 is 1.80. The van der Waals surface area contributed by atoms with E-state index in [1.54, 1.807) is 10.9 Å². The first-order valence-electron chi connectivity index (χ1n) is 4.41. The summed E-state index contributed by atoms with van der Waals surface area (Å²) in [5.41, 5.74) is 0.795. The molecule has 0 spiro atoms. The predicted octanol–water partition coefficient (Wildman–Crippen LogP) is 2.12. The molecule has 1 aromatic rings. The molecule has 0 aliphatic rings. The van der Waals surface area contributed by atoms with E-state index in [0.717, 1.165) is 18.7 Å². The number of aryl methyl sites for hydroxylation is 1. The first-order chi connectivity index (χ1) is 5.65. The summed E-state index contributed by atoms with van der Waals surface area (Å²) >= 11 is 0. The third kappa shape index (κ3) is 1.78. The molecule has 0 bridgehead atoms. The highest BCUT2D eigenvalue weighted by Crippen LogP contribution is 2.22. The Balaban J connectivity index is 2.85. The molecule has 0 unspecified atom stereocenters. The lowest BCUT2D eigenvalue weighted by Gasteiger charge is -1.99. The fourth-order valence-corrected chi connectivity index (χ4v) is 1.18. The Hall–Kier alpha value is -0.990. The number of hydrogen-bond acceptors (Lipinski definition) is 2. The summed E-state index contributed by atoms with van der Waals surface area (Å²) in [5.74, 6) is 0.613. The SMILES string of the molecule is CCCn1cc(O)c(C(C)C)n1. The summed E-state index contributed by atoms with van der Waals surface area (Å²) in [7, 11) is 0. The summed E-state index contributed by atoms with van der Waals surface area (Å²) in [4.78, 5) is 0. The van der Waals surface area contributed by atoms with Gasteiger partial charge in [0.1, 0.15) is 5.69 Å². The number of hydrogen-bond donors (Lipinski definition) is 1. The molecule has 0 saturated heterocycles. The summed E-state index contributed by atoms with van der Waals surface area (Å²) in [5, 5.41) is 13.7. The normalized spacial score (nSPS) is 11.0. The highest BCUT2D eigenvalue weighted by molar-refractivity contribution is 5.25. The van der Waals surface area contributed by atoms with E-state index < -0.39 is 0 Å². The van der Waals surface area contributed by atoms with E-state index in [1.165, 1.54) is 0 Å². The zero-order chi connectivity index (χ0) is 9.14. The molecule has 0 aliphatic carbocycles. The summed E-state index contributed by atoms with van der Waals surface area (Å²) in [6.07, 6.45) is 2.73. The third-order valence-electron chi connectivity index (χ3n) is 1.77. The van der Waals surface area contributed by atoms with Gasteiger partial charge in [-0.3, -0.25) is 4.68 Å². The van der Waals surface area contributed by atoms with E-state index in [4.69, 9.17) is 0 Å². The highest BCUT2D eigenvalue weighted by atomic mass is 16.3. The maximum absolute atomic E-state index is 9.45. The van der Waals surface area contributed by atoms with Crippen LogP contribution >= 0.6 is 0 Å². The molecule has 0 radical (unpaired) electrons. The highest BCUT2D eigenvalue weighted by Gasteiger charge is 2.10. The van der Waals surface area contributed by atoms with Gasteiger partial charge in [0.05, 0.1) is 6.20 Å². The van der Waals surface area contributed by atoms with Gasteiger partial charge >= 0.3 is 0 Å². The van der Waals surface area contributed by atoms with Crippen LogP contribution in [0, 0.1) is 0 Å². The van der Waals surface area contributed by atoms with Crippen molar-refractivity contribution in [2.45, 2.75) is 39.7 Å². The minimum Gasteiger partial charge on any atom is -0.504 e. The Bertz CT molecular complexity index is 253. The number of aromatic nitrogens is 2. The molecule has 0 atom stereocenters. The van der Waals surface area contributed by atoms with Crippen molar-refractivity contribution in [3.63, 3.8) is 0 Å². The van der Waals surface area contributed by atoms with Crippen LogP contribution in [0.1, 0.15) is 38.8 Å². The maximum Gasteiger partial charge on any atom is 0.157 e. The molecular formula is C9H16N2O. The first kappa shape index (κ1) is 9.10. The van der Waals surface area contributed by atoms with Crippen molar-refractivity contribution in [3.8, 4) is 5.75 Å². The van der Waals surface area contributed by atoms with Crippen LogP contribution < -0.4 is 0 Å². The van der Waals surface area contributed by atoms with Gasteiger partial charge < -0.3 is 5.11 Å². The van der Waals surface area contributed by atoms with Gasteiger partial charge in [0.25, 0.3) is 0 Å². The van der Waals surface area contributed by atoms with Gasteiger partial charge in [-0.05, 0) is 6.42 Å². The average molecular weight is 168 g/mol. The van der Waals surface area contributed by atoms with Crippen LogP contribution in [0.2, 0.25) is 0 Å². The molecule has 0 aliphatic heterocycles. The Morgan fingerprint density at radius 2 is 2.25 bits per heavy atom. The molecule has 1 N–H and O–H groups in total. The smallest absolute Gasteiger partial charge is 0.157 e. The monoisotopic (exact) mass is 168 g/mol. The fourth-order valence-electron chi connectivity index (χ4n) is 1.18. The van der Waals surface area contributed by atoms with Crippen molar-refractivity contribution in [3.05, 3.63) is 11.9 Å². The molecule has 0 fully saturated rings. The quantitative estimate of drug-likeness (QED) is 0.750. The fraction of sp³-hybridized carbons (Fsp3) is 0.667. The van der Waals surface area contributed by atoms with E-state index in [0.29, 0.717) is 11.7 Å². The zero-order valence-corrected chi connectivity index (χ0v) is 7.91. The minimum atomic E-state index is 0.295. The topological polar surface area (TPSA) is 38.0 Å². The zero-order valence-electron chi connectivity index (χ0n) is 7.91. The summed E-state index contributed by atoms with van der Waals surface area (Å²) in [6, 6.07) is 0. The molecule has 0 aromatic carbocycles. The van der Waals surface area contributed by atoms with Crippen LogP contribution in [0.4, 0.5) is 0 Å². The molecule has 0 amide bonds. The van der Waals surface area contributed by atoms with Gasteiger partial charge in [0.15, 0.2) is 5.75 Å². The van der Waals surface area contributed by atoms with Crippen LogP contribution in [0.15, 0.2) is 6.20 Å². The molecule has 1 aromatic heterocycles. The van der Waals surface area contributed by atoms with E-state index in [-0.39, 0.29) is 0 Å². The third-order valence-corrected chi connectivity index (χ3v) is 1.77. The lowest BCUT2D eigenvalue weighted by atomic mass is 10.1. The lowest BCUT2D eigenvalue weighted by molar-refractivity contribution is 0.464. The van der Waals surface area contributed by atoms with Crippen molar-refractivity contribution < 1.29 is 5.11 Å². The van der Waals surface area contributed by atoms with Gasteiger partial charge in [-0.2, -0.15) is 5.10 Å². The first-order valence-corrected chi connectivity index (χ1v) is 4.41. The number of aromatic hydroxyl groups is 1. The second-order valence-electron chi connectivity index (χ2n) is 3.32. The van der Waals surface area contributed by atoms with Crippen LogP contribution in [-0.2, 0) is 6.54 Å². The molecular weight excluding hydrogens is 152 g/mol. The Morgan fingerprint density at radius 1 is 1.58 bits per heavy atom. The lowest BCUT2D eigenvalue weighted by Crippen LogP contribution is -1.98. The van der Waals surface area contributed by atoms with Crippen LogP contribution in [0.5, 0.6) is 5.75 Å². The molecule has 1 rings (SSSR count). The van der Waals surface area contributed by atoms with Crippen molar-refractivity contribution in [2.24, 2.45) is 0 Å². The molecule has 3 heteroatoms. The maximum atomic E-state index is 9.45. The van der Waals surface area contributed by atoms with Crippen molar-refractivity contribution in [1.82, 2.24) is 9.78 Å². The average Bonchev–Trinajstić information content (AvgIpc) is 2.32. The van der Waals surface area contributed by atoms with E-state index in [2.05, 4.69) is 12.0 Å². The van der Waals surface area contributed by atoms with Gasteiger partial charge in [-0.1, -0.05) is 20.8 Å². The largest absolute Gasteiger partial charge is 0.504 e. The molecule has 12 heavy (non-hydrogen) atoms. The second kappa shape index (κ2) is 3.61. The molecule has 0 saturated carbocycles. The second-order valence-corrected chi connectivity index (χ2v) is 3.32. The standard InChI is InChI=1S/C9H16N2O/c1-4-5-11-6-8(12)9(10-11)7(2)3/h6-7,12H,4-5H2,1-3H3. The van der Waals surface area contributed by atoms with Crippen LogP contribution in [0.25, 0.3) is 0 Å². The van der Waals surface area contributed by atoms with Crippen LogP contribution in [0.3, 0.4) is 0 Å². The van der Waals surface area contributed by atoms with Gasteiger partial charge in [0, 0.05) is 12.5 Å². The molecule has 3 nitrogen and oxygen atoms in total. The van der Waals surface area contributed by atoms with E-state index in [1.807, 2.05) is 13.8 Å². The van der Waals surface area contributed by atoms with E-state index in [9.17, 15) is 5.11 Å². The molecule has 68 valence electrons. The summed E-state index contributed by atoms with van der Waals surface area (Å²) in [6.45, 7) is 7.02. The molecule has 1 heterocycles. The van der Waals surface area contributed by atoms with Crippen molar-refractivity contribution >= 4 is 0 Å². The number of nitrogens with zero attached hydrogens (tertiary/aromatic N) is 2. The minimum absolute atomic E-state index is 0.295. The predicted molar refractivity (Wildman–Crippen MR) is 48.3 cm³/mol. The number of rotatable bonds is 3. The Labute approximate surface area is 73.0 Å². The van der Waals surface area contributed by atoms with Gasteiger partial charge in [-0.15, -0.1) is 0 Å². The van der Waals surface area contributed by atoms with Gasteiger partial charge in [-0.25, -0.2) is 0 Å². The van der Waals surface area contributed by atoms with Crippen molar-refractivity contribution in [2.75, 3.05) is 0 Å². The van der Waals surface area contributed by atoms with E-state index >= 15 is 0 Å². The Morgan fingerprint density at radius 3 is 2.67 bits per heavy atom. The Kier molecular flexibility index (Phi) is 2.74.